The number of anilines is 1. The van der Waals surface area contributed by atoms with Gasteiger partial charge in [0.1, 0.15) is 13.2 Å². The van der Waals surface area contributed by atoms with Crippen molar-refractivity contribution in [2.24, 2.45) is 0 Å². The first-order valence-electron chi connectivity index (χ1n) is 8.62. The zero-order valence-electron chi connectivity index (χ0n) is 14.8. The van der Waals surface area contributed by atoms with Crippen molar-refractivity contribution in [1.29, 1.82) is 0 Å². The molecule has 9 nitrogen and oxygen atoms in total. The quantitative estimate of drug-likeness (QED) is 0.643. The van der Waals surface area contributed by atoms with Gasteiger partial charge in [-0.2, -0.15) is 5.10 Å². The summed E-state index contributed by atoms with van der Waals surface area (Å²) in [7, 11) is -3.63. The molecule has 146 valence electrons. The summed E-state index contributed by atoms with van der Waals surface area (Å²) in [5.74, 6) is 0.193. The molecule has 2 N–H and O–H groups in total. The number of benzene rings is 1. The Morgan fingerprint density at radius 2 is 2.04 bits per heavy atom. The molecule has 0 atom stereocenters. The number of hydrogen-bond donors (Lipinski definition) is 2. The molecule has 0 radical (unpaired) electrons. The van der Waals surface area contributed by atoms with Crippen LogP contribution in [0, 0.1) is 0 Å². The van der Waals surface area contributed by atoms with E-state index in [2.05, 4.69) is 15.1 Å². The van der Waals surface area contributed by atoms with Gasteiger partial charge >= 0.3 is 0 Å². The normalized spacial score (nSPS) is 13.3. The van der Waals surface area contributed by atoms with Gasteiger partial charge in [0.25, 0.3) is 5.91 Å². The highest BCUT2D eigenvalue weighted by Crippen LogP contribution is 2.33. The Morgan fingerprint density at radius 3 is 2.93 bits per heavy atom. The van der Waals surface area contributed by atoms with E-state index in [0.717, 1.165) is 5.52 Å². The smallest absolute Gasteiger partial charge is 0.255 e. The van der Waals surface area contributed by atoms with E-state index in [1.54, 1.807) is 53.3 Å². The maximum Gasteiger partial charge on any atom is 0.255 e. The molecule has 2 aromatic heterocycles. The summed E-state index contributed by atoms with van der Waals surface area (Å²) < 4.78 is 39.7. The number of pyridine rings is 1. The van der Waals surface area contributed by atoms with Crippen molar-refractivity contribution in [1.82, 2.24) is 14.9 Å². The lowest BCUT2D eigenvalue weighted by Gasteiger charge is -2.20. The van der Waals surface area contributed by atoms with Crippen molar-refractivity contribution in [3.05, 3.63) is 54.4 Å². The van der Waals surface area contributed by atoms with Crippen molar-refractivity contribution < 1.29 is 22.7 Å². The van der Waals surface area contributed by atoms with E-state index in [4.69, 9.17) is 9.47 Å². The molecule has 0 unspecified atom stereocenters. The van der Waals surface area contributed by atoms with Gasteiger partial charge in [0.2, 0.25) is 10.0 Å². The van der Waals surface area contributed by atoms with Crippen LogP contribution in [0.5, 0.6) is 11.5 Å². The van der Waals surface area contributed by atoms with Gasteiger partial charge in [0.05, 0.1) is 22.5 Å². The molecule has 1 amide bonds. The first kappa shape index (κ1) is 18.1. The molecule has 0 spiro atoms. The lowest BCUT2D eigenvalue weighted by Crippen LogP contribution is -2.32. The minimum Gasteiger partial charge on any atom is -0.486 e. The van der Waals surface area contributed by atoms with Crippen LogP contribution in [0.25, 0.3) is 5.52 Å². The van der Waals surface area contributed by atoms with Crippen molar-refractivity contribution in [3.8, 4) is 11.5 Å². The summed E-state index contributed by atoms with van der Waals surface area (Å²) in [5.41, 5.74) is 1.51. The Labute approximate surface area is 161 Å². The van der Waals surface area contributed by atoms with Gasteiger partial charge in [-0.15, -0.1) is 0 Å². The second kappa shape index (κ2) is 7.39. The molecule has 3 aromatic rings. The number of hydrogen-bond acceptors (Lipinski definition) is 6. The Balaban J connectivity index is 1.37. The average molecular weight is 402 g/mol. The second-order valence-corrected chi connectivity index (χ2v) is 7.96. The fraction of sp³-hybridized carbons (Fsp3) is 0.222. The molecule has 28 heavy (non-hydrogen) atoms. The summed E-state index contributed by atoms with van der Waals surface area (Å²) in [6.07, 6.45) is 3.29. The highest BCUT2D eigenvalue weighted by Gasteiger charge is 2.20. The molecular formula is C18H18N4O5S. The molecule has 4 rings (SSSR count). The fourth-order valence-electron chi connectivity index (χ4n) is 2.86. The van der Waals surface area contributed by atoms with E-state index in [1.165, 1.54) is 0 Å². The van der Waals surface area contributed by atoms with Gasteiger partial charge < -0.3 is 14.8 Å². The summed E-state index contributed by atoms with van der Waals surface area (Å²) in [6.45, 7) is 0.734. The molecule has 10 heteroatoms. The third-order valence-electron chi connectivity index (χ3n) is 4.14. The van der Waals surface area contributed by atoms with Crippen molar-refractivity contribution in [3.63, 3.8) is 0 Å². The minimum absolute atomic E-state index is 0.0480. The number of ether oxygens (including phenoxy) is 2. The van der Waals surface area contributed by atoms with E-state index in [1.807, 2.05) is 0 Å². The fourth-order valence-corrected chi connectivity index (χ4v) is 3.82. The summed E-state index contributed by atoms with van der Waals surface area (Å²) in [4.78, 5) is 12.4. The maximum absolute atomic E-state index is 12.4. The summed E-state index contributed by atoms with van der Waals surface area (Å²) in [6, 6.07) is 10.1. The number of aromatic nitrogens is 2. The van der Waals surface area contributed by atoms with Crippen LogP contribution in [0.3, 0.4) is 0 Å². The standard InChI is InChI=1S/C18H18N4O5S/c23-18(15-2-1-3-16-17(15)27-10-9-26-16)19-7-11-28(24,25)21-13-5-8-22-14(12-13)4-6-20-22/h1-6,8,12,21H,7,9-11H2,(H,19,23). The van der Waals surface area contributed by atoms with E-state index < -0.39 is 15.9 Å². The predicted octanol–water partition coefficient (Wildman–Crippen LogP) is 1.28. The van der Waals surface area contributed by atoms with Crippen LogP contribution in [-0.2, 0) is 10.0 Å². The molecule has 1 aliphatic rings. The topological polar surface area (TPSA) is 111 Å². The van der Waals surface area contributed by atoms with E-state index >= 15 is 0 Å². The summed E-state index contributed by atoms with van der Waals surface area (Å²) in [5, 5.41) is 6.67. The number of fused-ring (bicyclic) bond motifs is 2. The predicted molar refractivity (Wildman–Crippen MR) is 102 cm³/mol. The Hall–Kier alpha value is -3.27. The molecule has 0 saturated heterocycles. The van der Waals surface area contributed by atoms with Crippen LogP contribution in [-0.4, -0.2) is 49.5 Å². The molecule has 1 aliphatic heterocycles. The van der Waals surface area contributed by atoms with Crippen molar-refractivity contribution in [2.45, 2.75) is 0 Å². The number of rotatable bonds is 6. The van der Waals surface area contributed by atoms with Crippen molar-refractivity contribution in [2.75, 3.05) is 30.2 Å². The third kappa shape index (κ3) is 3.86. The number of sulfonamides is 1. The number of carbonyl (C=O) groups excluding carboxylic acids is 1. The lowest BCUT2D eigenvalue weighted by molar-refractivity contribution is 0.0945. The number of nitrogens with one attached hydrogen (secondary N) is 2. The SMILES string of the molecule is O=C(NCCS(=O)(=O)Nc1ccn2nccc2c1)c1cccc2c1OCCO2. The minimum atomic E-state index is -3.63. The molecule has 0 aliphatic carbocycles. The zero-order valence-corrected chi connectivity index (χ0v) is 15.6. The monoisotopic (exact) mass is 402 g/mol. The highest BCUT2D eigenvalue weighted by atomic mass is 32.2. The van der Waals surface area contributed by atoms with E-state index in [9.17, 15) is 13.2 Å². The molecule has 3 heterocycles. The van der Waals surface area contributed by atoms with Gasteiger partial charge in [-0.05, 0) is 30.3 Å². The van der Waals surface area contributed by atoms with Crippen LogP contribution >= 0.6 is 0 Å². The molecule has 1 aromatic carbocycles. The van der Waals surface area contributed by atoms with Gasteiger partial charge in [0.15, 0.2) is 11.5 Å². The largest absolute Gasteiger partial charge is 0.486 e. The van der Waals surface area contributed by atoms with Gasteiger partial charge in [-0.25, -0.2) is 12.9 Å². The Kier molecular flexibility index (Phi) is 4.78. The number of amides is 1. The Morgan fingerprint density at radius 1 is 1.18 bits per heavy atom. The Bertz CT molecular complexity index is 1130. The summed E-state index contributed by atoms with van der Waals surface area (Å²) >= 11 is 0. The second-order valence-electron chi connectivity index (χ2n) is 6.12. The lowest BCUT2D eigenvalue weighted by atomic mass is 10.1. The molecule has 0 saturated carbocycles. The number of carbonyl (C=O) groups is 1. The van der Waals surface area contributed by atoms with Gasteiger partial charge in [-0.3, -0.25) is 9.52 Å². The van der Waals surface area contributed by atoms with Crippen LogP contribution in [0.1, 0.15) is 10.4 Å². The van der Waals surface area contributed by atoms with E-state index in [0.29, 0.717) is 36.0 Å². The first-order valence-corrected chi connectivity index (χ1v) is 10.3. The number of nitrogens with zero attached hydrogens (tertiary/aromatic N) is 2. The van der Waals surface area contributed by atoms with Gasteiger partial charge in [-0.1, -0.05) is 6.07 Å². The molecule has 0 fully saturated rings. The number of para-hydroxylation sites is 1. The van der Waals surface area contributed by atoms with Crippen LogP contribution in [0.4, 0.5) is 5.69 Å². The van der Waals surface area contributed by atoms with Crippen LogP contribution in [0.15, 0.2) is 48.8 Å². The molecule has 0 bridgehead atoms. The maximum atomic E-state index is 12.4. The molecular weight excluding hydrogens is 384 g/mol. The van der Waals surface area contributed by atoms with Crippen LogP contribution < -0.4 is 19.5 Å². The van der Waals surface area contributed by atoms with E-state index in [-0.39, 0.29) is 12.3 Å². The van der Waals surface area contributed by atoms with Crippen LogP contribution in [0.2, 0.25) is 0 Å². The third-order valence-corrected chi connectivity index (χ3v) is 5.43. The highest BCUT2D eigenvalue weighted by molar-refractivity contribution is 7.92. The first-order chi connectivity index (χ1) is 13.5. The van der Waals surface area contributed by atoms with Crippen molar-refractivity contribution >= 4 is 27.1 Å². The zero-order chi connectivity index (χ0) is 19.6. The van der Waals surface area contributed by atoms with Gasteiger partial charge in [0, 0.05) is 18.9 Å². The average Bonchev–Trinajstić information content (AvgIpc) is 3.14.